The van der Waals surface area contributed by atoms with E-state index in [1.807, 2.05) is 5.38 Å². The lowest BCUT2D eigenvalue weighted by molar-refractivity contribution is 0.0443. The minimum absolute atomic E-state index is 0.0864. The number of hydrogen-bond acceptors (Lipinski definition) is 6. The largest absolute Gasteiger partial charge is 0.379 e. The Labute approximate surface area is 150 Å². The molecule has 132 valence electrons. The summed E-state index contributed by atoms with van der Waals surface area (Å²) in [6.07, 6.45) is 4.75. The van der Waals surface area contributed by atoms with Gasteiger partial charge in [0.1, 0.15) is 10.2 Å². The van der Waals surface area contributed by atoms with Crippen molar-refractivity contribution in [2.75, 3.05) is 38.2 Å². The van der Waals surface area contributed by atoms with Gasteiger partial charge in [0.15, 0.2) is 0 Å². The van der Waals surface area contributed by atoms with Crippen molar-refractivity contribution in [1.82, 2.24) is 14.9 Å². The average molecular weight is 358 g/mol. The fourth-order valence-corrected chi connectivity index (χ4v) is 4.19. The number of ether oxygens (including phenoxy) is 1. The van der Waals surface area contributed by atoms with Crippen molar-refractivity contribution in [2.24, 2.45) is 0 Å². The summed E-state index contributed by atoms with van der Waals surface area (Å²) in [6.45, 7) is 4.11. The molecule has 0 atom stereocenters. The smallest absolute Gasteiger partial charge is 0.270 e. The molecular formula is C18H22N4O2S. The lowest BCUT2D eigenvalue weighted by atomic mass is 10.2. The number of H-pyrrole nitrogens is 1. The second-order valence-corrected chi connectivity index (χ2v) is 7.44. The molecule has 0 unspecified atom stereocenters. The quantitative estimate of drug-likeness (QED) is 0.822. The van der Waals surface area contributed by atoms with Gasteiger partial charge in [-0.25, -0.2) is 4.98 Å². The molecule has 2 aliphatic rings. The Hall–Kier alpha value is -1.88. The highest BCUT2D eigenvalue weighted by Crippen LogP contribution is 2.23. The molecule has 0 radical (unpaired) electrons. The van der Waals surface area contributed by atoms with Gasteiger partial charge in [-0.15, -0.1) is 11.3 Å². The Morgan fingerprint density at radius 1 is 1.36 bits per heavy atom. The maximum atomic E-state index is 12.3. The predicted molar refractivity (Wildman–Crippen MR) is 100 cm³/mol. The number of anilines is 1. The molecule has 2 aromatic heterocycles. The summed E-state index contributed by atoms with van der Waals surface area (Å²) >= 11 is 1.41. The van der Waals surface area contributed by atoms with E-state index in [1.165, 1.54) is 24.2 Å². The molecule has 1 saturated heterocycles. The van der Waals surface area contributed by atoms with Crippen molar-refractivity contribution in [3.05, 3.63) is 21.3 Å². The first-order chi connectivity index (χ1) is 12.3. The molecule has 3 heterocycles. The second kappa shape index (κ2) is 7.56. The predicted octanol–water partition coefficient (Wildman–Crippen LogP) is 2.02. The van der Waals surface area contributed by atoms with Gasteiger partial charge in [-0.05, 0) is 12.8 Å². The van der Waals surface area contributed by atoms with Crippen LogP contribution >= 0.6 is 11.3 Å². The maximum absolute atomic E-state index is 12.3. The van der Waals surface area contributed by atoms with E-state index in [0.29, 0.717) is 22.2 Å². The third kappa shape index (κ3) is 3.87. The Bertz CT molecular complexity index is 851. The standard InChI is InChI=1S/C18H22N4O2S/c23-17-16-15(20-18(21-17)19-14-5-1-2-6-14)13(12-25-16)4-3-7-22-8-10-24-11-9-22/h12,14H,1-2,5-11H2,(H2,19,20,21,23). The third-order valence-electron chi connectivity index (χ3n) is 4.75. The highest BCUT2D eigenvalue weighted by atomic mass is 32.1. The van der Waals surface area contributed by atoms with Crippen LogP contribution in [0, 0.1) is 11.8 Å². The first kappa shape index (κ1) is 16.6. The van der Waals surface area contributed by atoms with Crippen molar-refractivity contribution in [3.63, 3.8) is 0 Å². The van der Waals surface area contributed by atoms with E-state index in [1.54, 1.807) is 0 Å². The zero-order valence-corrected chi connectivity index (χ0v) is 15.0. The molecule has 2 aromatic rings. The zero-order valence-electron chi connectivity index (χ0n) is 14.1. The van der Waals surface area contributed by atoms with E-state index < -0.39 is 0 Å². The lowest BCUT2D eigenvalue weighted by Crippen LogP contribution is -2.36. The van der Waals surface area contributed by atoms with Gasteiger partial charge < -0.3 is 10.1 Å². The minimum atomic E-state index is -0.0864. The van der Waals surface area contributed by atoms with Crippen LogP contribution in [0.5, 0.6) is 0 Å². The first-order valence-electron chi connectivity index (χ1n) is 8.86. The van der Waals surface area contributed by atoms with Crippen LogP contribution in [-0.2, 0) is 4.74 Å². The van der Waals surface area contributed by atoms with Crippen LogP contribution in [0.15, 0.2) is 10.2 Å². The summed E-state index contributed by atoms with van der Waals surface area (Å²) in [6, 6.07) is 0.412. The summed E-state index contributed by atoms with van der Waals surface area (Å²) in [5.41, 5.74) is 1.47. The molecule has 25 heavy (non-hydrogen) atoms. The van der Waals surface area contributed by atoms with Gasteiger partial charge in [0, 0.05) is 24.5 Å². The number of nitrogens with one attached hydrogen (secondary N) is 2. The summed E-state index contributed by atoms with van der Waals surface area (Å²) < 4.78 is 5.99. The van der Waals surface area contributed by atoms with Crippen molar-refractivity contribution in [1.29, 1.82) is 0 Å². The van der Waals surface area contributed by atoms with Gasteiger partial charge in [0.2, 0.25) is 5.95 Å². The Morgan fingerprint density at radius 2 is 2.16 bits per heavy atom. The molecule has 0 amide bonds. The van der Waals surface area contributed by atoms with Gasteiger partial charge in [0.25, 0.3) is 5.56 Å². The molecule has 1 aliphatic carbocycles. The third-order valence-corrected chi connectivity index (χ3v) is 5.72. The molecule has 4 rings (SSSR count). The number of nitrogens with zero attached hydrogens (tertiary/aromatic N) is 2. The molecule has 0 spiro atoms. The molecule has 0 aromatic carbocycles. The number of aromatic nitrogens is 2. The molecule has 7 heteroatoms. The van der Waals surface area contributed by atoms with Gasteiger partial charge >= 0.3 is 0 Å². The number of fused-ring (bicyclic) bond motifs is 1. The summed E-state index contributed by atoms with van der Waals surface area (Å²) in [5, 5.41) is 5.30. The van der Waals surface area contributed by atoms with Crippen LogP contribution in [0.4, 0.5) is 5.95 Å². The molecule has 6 nitrogen and oxygen atoms in total. The molecule has 1 aliphatic heterocycles. The van der Waals surface area contributed by atoms with Crippen molar-refractivity contribution >= 4 is 27.5 Å². The number of aromatic amines is 1. The van der Waals surface area contributed by atoms with E-state index in [4.69, 9.17) is 4.74 Å². The molecule has 1 saturated carbocycles. The van der Waals surface area contributed by atoms with Gasteiger partial charge in [-0.1, -0.05) is 24.7 Å². The lowest BCUT2D eigenvalue weighted by Gasteiger charge is -2.24. The van der Waals surface area contributed by atoms with Gasteiger partial charge in [0.05, 0.1) is 25.3 Å². The highest BCUT2D eigenvalue weighted by molar-refractivity contribution is 7.17. The van der Waals surface area contributed by atoms with Crippen LogP contribution in [0.25, 0.3) is 10.2 Å². The van der Waals surface area contributed by atoms with Crippen LogP contribution in [0.2, 0.25) is 0 Å². The summed E-state index contributed by atoms with van der Waals surface area (Å²) in [5.74, 6) is 6.98. The number of hydrogen-bond donors (Lipinski definition) is 2. The summed E-state index contributed by atoms with van der Waals surface area (Å²) in [4.78, 5) is 22.1. The van der Waals surface area contributed by atoms with Gasteiger partial charge in [-0.2, -0.15) is 0 Å². The fourth-order valence-electron chi connectivity index (χ4n) is 3.35. The molecule has 2 fully saturated rings. The first-order valence-corrected chi connectivity index (χ1v) is 9.74. The van der Waals surface area contributed by atoms with Crippen LogP contribution in [0.3, 0.4) is 0 Å². The maximum Gasteiger partial charge on any atom is 0.270 e. The normalized spacial score (nSPS) is 19.0. The Kier molecular flexibility index (Phi) is 5.02. The summed E-state index contributed by atoms with van der Waals surface area (Å²) in [7, 11) is 0. The SMILES string of the molecule is O=c1[nH]c(NC2CCCC2)nc2c(C#CCN3CCOCC3)csc12. The second-order valence-electron chi connectivity index (χ2n) is 6.56. The van der Waals surface area contributed by atoms with Crippen LogP contribution in [-0.4, -0.2) is 53.8 Å². The topological polar surface area (TPSA) is 70.2 Å². The highest BCUT2D eigenvalue weighted by Gasteiger charge is 2.17. The number of thiophene rings is 1. The zero-order chi connectivity index (χ0) is 17.1. The number of rotatable bonds is 3. The van der Waals surface area contributed by atoms with E-state index in [9.17, 15) is 4.79 Å². The minimum Gasteiger partial charge on any atom is -0.379 e. The monoisotopic (exact) mass is 358 g/mol. The van der Waals surface area contributed by atoms with Crippen molar-refractivity contribution in [2.45, 2.75) is 31.7 Å². The average Bonchev–Trinajstić information content (AvgIpc) is 3.27. The van der Waals surface area contributed by atoms with Crippen LogP contribution < -0.4 is 10.9 Å². The fraction of sp³-hybridized carbons (Fsp3) is 0.556. The van der Waals surface area contributed by atoms with Gasteiger partial charge in [-0.3, -0.25) is 14.7 Å². The molecule has 0 bridgehead atoms. The molecule has 2 N–H and O–H groups in total. The van der Waals surface area contributed by atoms with E-state index in [0.717, 1.165) is 51.3 Å². The Morgan fingerprint density at radius 3 is 2.96 bits per heavy atom. The van der Waals surface area contributed by atoms with E-state index in [2.05, 4.69) is 32.0 Å². The molecular weight excluding hydrogens is 336 g/mol. The van der Waals surface area contributed by atoms with Crippen molar-refractivity contribution in [3.8, 4) is 11.8 Å². The van der Waals surface area contributed by atoms with Crippen molar-refractivity contribution < 1.29 is 4.74 Å². The number of morpholine rings is 1. The van der Waals surface area contributed by atoms with E-state index in [-0.39, 0.29) is 5.56 Å². The van der Waals surface area contributed by atoms with Crippen LogP contribution in [0.1, 0.15) is 31.2 Å². The Balaban J connectivity index is 1.54. The van der Waals surface area contributed by atoms with E-state index >= 15 is 0 Å².